The lowest BCUT2D eigenvalue weighted by atomic mass is 9.84. The van der Waals surface area contributed by atoms with E-state index in [9.17, 15) is 4.79 Å². The van der Waals surface area contributed by atoms with Crippen molar-refractivity contribution in [2.45, 2.75) is 56.0 Å². The van der Waals surface area contributed by atoms with Crippen LogP contribution in [0.5, 0.6) is 0 Å². The minimum absolute atomic E-state index is 0.133. The maximum atomic E-state index is 11.0. The molecule has 1 fully saturated rings. The molecule has 0 aromatic rings. The molecule has 0 radical (unpaired) electrons. The first-order valence-electron chi connectivity index (χ1n) is 5.42. The van der Waals surface area contributed by atoms with Crippen molar-refractivity contribution in [2.75, 3.05) is 0 Å². The fourth-order valence-electron chi connectivity index (χ4n) is 2.22. The summed E-state index contributed by atoms with van der Waals surface area (Å²) >= 11 is 2.36. The normalized spacial score (nSPS) is 22.8. The molecule has 2 atom stereocenters. The molecule has 0 spiro atoms. The van der Waals surface area contributed by atoms with Crippen LogP contribution in [0.25, 0.3) is 0 Å². The van der Waals surface area contributed by atoms with E-state index in [1.807, 2.05) is 0 Å². The first-order valence-corrected chi connectivity index (χ1v) is 6.67. The average molecular weight is 310 g/mol. The summed E-state index contributed by atoms with van der Waals surface area (Å²) in [4.78, 5) is 11.0. The van der Waals surface area contributed by atoms with Gasteiger partial charge in [0, 0.05) is 10.8 Å². The number of ether oxygens (including phenoxy) is 1. The largest absolute Gasteiger partial charge is 0.461 e. The van der Waals surface area contributed by atoms with Crippen molar-refractivity contribution >= 4 is 28.6 Å². The molecule has 0 amide bonds. The summed E-state index contributed by atoms with van der Waals surface area (Å²) in [7, 11) is 0. The molecule has 1 saturated carbocycles. The fourth-order valence-corrected chi connectivity index (χ4v) is 2.95. The van der Waals surface area contributed by atoms with Crippen LogP contribution in [0.3, 0.4) is 0 Å². The molecule has 0 saturated heterocycles. The Hall–Kier alpha value is 0.200. The number of hydrogen-bond donors (Lipinski definition) is 0. The van der Waals surface area contributed by atoms with Crippen LogP contribution in [0, 0.1) is 5.92 Å². The van der Waals surface area contributed by atoms with Gasteiger partial charge in [0.1, 0.15) is 6.10 Å². The summed E-state index contributed by atoms with van der Waals surface area (Å²) in [5.41, 5.74) is 0. The molecule has 1 rings (SSSR count). The first-order chi connectivity index (χ1) is 6.61. The number of alkyl halides is 1. The molecule has 3 heteroatoms. The Morgan fingerprint density at radius 2 is 1.93 bits per heavy atom. The molecule has 1 aliphatic rings. The van der Waals surface area contributed by atoms with Crippen molar-refractivity contribution in [3.63, 3.8) is 0 Å². The Morgan fingerprint density at radius 1 is 1.36 bits per heavy atom. The lowest BCUT2D eigenvalue weighted by Gasteiger charge is -2.31. The van der Waals surface area contributed by atoms with Crippen molar-refractivity contribution in [3.8, 4) is 0 Å². The quantitative estimate of drug-likeness (QED) is 0.454. The van der Waals surface area contributed by atoms with Crippen molar-refractivity contribution in [3.05, 3.63) is 0 Å². The highest BCUT2D eigenvalue weighted by molar-refractivity contribution is 14.1. The van der Waals surface area contributed by atoms with Gasteiger partial charge in [-0.2, -0.15) is 0 Å². The Labute approximate surface area is 99.9 Å². The highest BCUT2D eigenvalue weighted by atomic mass is 127. The monoisotopic (exact) mass is 310 g/mol. The number of hydrogen-bond acceptors (Lipinski definition) is 2. The van der Waals surface area contributed by atoms with Crippen LogP contribution in [0.1, 0.15) is 46.0 Å². The van der Waals surface area contributed by atoms with Gasteiger partial charge in [0.2, 0.25) is 0 Å². The summed E-state index contributed by atoms with van der Waals surface area (Å²) in [5, 5.41) is 0. The molecule has 82 valence electrons. The predicted molar refractivity (Wildman–Crippen MR) is 65.6 cm³/mol. The van der Waals surface area contributed by atoms with Crippen LogP contribution in [0.15, 0.2) is 0 Å². The third-order valence-electron chi connectivity index (χ3n) is 2.87. The maximum absolute atomic E-state index is 11.0. The standard InChI is InChI=1S/C11H19IO2/c1-8(12)11(14-9(2)13)10-6-4-3-5-7-10/h8,10-11H,3-7H2,1-2H3/t8-,11-/m0/s1. The van der Waals surface area contributed by atoms with Crippen molar-refractivity contribution in [1.29, 1.82) is 0 Å². The van der Waals surface area contributed by atoms with Gasteiger partial charge in [-0.1, -0.05) is 41.9 Å². The zero-order valence-corrected chi connectivity index (χ0v) is 11.1. The summed E-state index contributed by atoms with van der Waals surface area (Å²) < 4.78 is 5.82. The first kappa shape index (κ1) is 12.3. The molecule has 0 aromatic carbocycles. The third-order valence-corrected chi connectivity index (χ3v) is 3.58. The van der Waals surface area contributed by atoms with Crippen LogP contribution >= 0.6 is 22.6 Å². The summed E-state index contributed by atoms with van der Waals surface area (Å²) in [6.07, 6.45) is 6.53. The lowest BCUT2D eigenvalue weighted by Crippen LogP contribution is -2.33. The van der Waals surface area contributed by atoms with Gasteiger partial charge in [-0.15, -0.1) is 0 Å². The Morgan fingerprint density at radius 3 is 2.36 bits per heavy atom. The van der Waals surface area contributed by atoms with E-state index in [2.05, 4.69) is 29.5 Å². The average Bonchev–Trinajstić information content (AvgIpc) is 2.15. The maximum Gasteiger partial charge on any atom is 0.302 e. The fraction of sp³-hybridized carbons (Fsp3) is 0.909. The molecule has 0 N–H and O–H groups in total. The van der Waals surface area contributed by atoms with Crippen LogP contribution in [-0.4, -0.2) is 16.0 Å². The summed E-state index contributed by atoms with van der Waals surface area (Å²) in [5.74, 6) is 0.462. The third kappa shape index (κ3) is 3.75. The molecule has 0 bridgehead atoms. The number of esters is 1. The Balaban J connectivity index is 2.51. The van der Waals surface area contributed by atoms with E-state index in [4.69, 9.17) is 4.74 Å². The molecule has 14 heavy (non-hydrogen) atoms. The second kappa shape index (κ2) is 5.93. The smallest absolute Gasteiger partial charge is 0.302 e. The summed E-state index contributed by atoms with van der Waals surface area (Å²) in [6, 6.07) is 0. The van der Waals surface area contributed by atoms with Gasteiger partial charge in [0.15, 0.2) is 0 Å². The zero-order valence-electron chi connectivity index (χ0n) is 8.96. The number of carbonyl (C=O) groups excluding carboxylic acids is 1. The van der Waals surface area contributed by atoms with Gasteiger partial charge in [0.05, 0.1) is 0 Å². The highest BCUT2D eigenvalue weighted by Crippen LogP contribution is 2.31. The second-order valence-electron chi connectivity index (χ2n) is 4.15. The van der Waals surface area contributed by atoms with E-state index in [0.29, 0.717) is 9.84 Å². The van der Waals surface area contributed by atoms with E-state index < -0.39 is 0 Å². The molecule has 1 aliphatic carbocycles. The highest BCUT2D eigenvalue weighted by Gasteiger charge is 2.29. The molecule has 0 heterocycles. The van der Waals surface area contributed by atoms with Crippen LogP contribution in [0.4, 0.5) is 0 Å². The Kier molecular flexibility index (Phi) is 5.20. The van der Waals surface area contributed by atoms with E-state index >= 15 is 0 Å². The minimum atomic E-state index is -0.135. The van der Waals surface area contributed by atoms with Gasteiger partial charge in [0.25, 0.3) is 0 Å². The van der Waals surface area contributed by atoms with E-state index in [1.54, 1.807) is 0 Å². The zero-order chi connectivity index (χ0) is 10.6. The van der Waals surface area contributed by atoms with Crippen molar-refractivity contribution in [1.82, 2.24) is 0 Å². The SMILES string of the molecule is CC(=O)O[C@H](C1CCCCC1)[C@H](C)I. The van der Waals surface area contributed by atoms with Crippen LogP contribution in [-0.2, 0) is 9.53 Å². The van der Waals surface area contributed by atoms with Gasteiger partial charge in [-0.3, -0.25) is 4.79 Å². The molecule has 0 unspecified atom stereocenters. The number of rotatable bonds is 3. The topological polar surface area (TPSA) is 26.3 Å². The van der Waals surface area contributed by atoms with Gasteiger partial charge in [-0.05, 0) is 25.7 Å². The second-order valence-corrected chi connectivity index (χ2v) is 6.11. The molecule has 0 aliphatic heterocycles. The summed E-state index contributed by atoms with van der Waals surface area (Å²) in [6.45, 7) is 3.64. The minimum Gasteiger partial charge on any atom is -0.461 e. The van der Waals surface area contributed by atoms with Crippen LogP contribution < -0.4 is 0 Å². The van der Waals surface area contributed by atoms with Gasteiger partial charge in [-0.25, -0.2) is 0 Å². The molecular formula is C11H19IO2. The van der Waals surface area contributed by atoms with E-state index in [0.717, 1.165) is 0 Å². The molecule has 2 nitrogen and oxygen atoms in total. The molecule has 0 aromatic heterocycles. The van der Waals surface area contributed by atoms with Crippen molar-refractivity contribution in [2.24, 2.45) is 5.92 Å². The van der Waals surface area contributed by atoms with Crippen LogP contribution in [0.2, 0.25) is 0 Å². The lowest BCUT2D eigenvalue weighted by molar-refractivity contribution is -0.149. The number of carbonyl (C=O) groups is 1. The number of halogens is 1. The van der Waals surface area contributed by atoms with E-state index in [1.165, 1.54) is 39.0 Å². The molecular weight excluding hydrogens is 291 g/mol. The Bertz CT molecular complexity index is 186. The van der Waals surface area contributed by atoms with Crippen molar-refractivity contribution < 1.29 is 9.53 Å². The van der Waals surface area contributed by atoms with Gasteiger partial charge < -0.3 is 4.74 Å². The van der Waals surface area contributed by atoms with Gasteiger partial charge >= 0.3 is 5.97 Å². The van der Waals surface area contributed by atoms with E-state index in [-0.39, 0.29) is 12.1 Å². The predicted octanol–water partition coefficient (Wildman–Crippen LogP) is 3.32.